The molecular formula is C27H31N3O4S. The average Bonchev–Trinajstić information content (AvgIpc) is 2.81. The van der Waals surface area contributed by atoms with Crippen LogP contribution in [0.5, 0.6) is 5.75 Å². The first-order valence-corrected chi connectivity index (χ1v) is 13.2. The number of hydrogen-bond donors (Lipinski definition) is 3. The number of nitrogen functional groups attached to an aromatic ring is 1. The van der Waals surface area contributed by atoms with E-state index in [-0.39, 0.29) is 29.1 Å². The molecule has 0 radical (unpaired) electrons. The highest BCUT2D eigenvalue weighted by molar-refractivity contribution is 7.90. The van der Waals surface area contributed by atoms with Crippen molar-refractivity contribution in [1.29, 1.82) is 5.41 Å². The Bertz CT molecular complexity index is 1320. The van der Waals surface area contributed by atoms with Gasteiger partial charge in [-0.15, -0.1) is 0 Å². The zero-order valence-electron chi connectivity index (χ0n) is 20.1. The fourth-order valence-electron chi connectivity index (χ4n) is 3.78. The molecule has 184 valence electrons. The third-order valence-electron chi connectivity index (χ3n) is 5.45. The van der Waals surface area contributed by atoms with Crippen molar-refractivity contribution in [3.63, 3.8) is 0 Å². The van der Waals surface area contributed by atoms with E-state index in [2.05, 4.69) is 5.32 Å². The van der Waals surface area contributed by atoms with Crippen molar-refractivity contribution in [2.45, 2.75) is 37.8 Å². The van der Waals surface area contributed by atoms with Crippen molar-refractivity contribution in [3.8, 4) is 16.9 Å². The minimum Gasteiger partial charge on any atom is -0.481 e. The van der Waals surface area contributed by atoms with E-state index in [4.69, 9.17) is 15.9 Å². The molecule has 1 unspecified atom stereocenters. The summed E-state index contributed by atoms with van der Waals surface area (Å²) in [6.07, 6.45) is 0.938. The lowest BCUT2D eigenvalue weighted by Gasteiger charge is -2.21. The summed E-state index contributed by atoms with van der Waals surface area (Å²) in [5, 5.41) is 10.6. The Hall–Kier alpha value is -3.65. The van der Waals surface area contributed by atoms with E-state index in [9.17, 15) is 13.2 Å². The zero-order chi connectivity index (χ0) is 25.6. The second-order valence-corrected chi connectivity index (χ2v) is 10.8. The van der Waals surface area contributed by atoms with Gasteiger partial charge in [0.15, 0.2) is 15.9 Å². The monoisotopic (exact) mass is 493 g/mol. The number of benzene rings is 3. The summed E-state index contributed by atoms with van der Waals surface area (Å²) in [6, 6.07) is 21.0. The highest BCUT2D eigenvalue weighted by Crippen LogP contribution is 2.30. The van der Waals surface area contributed by atoms with E-state index in [1.165, 1.54) is 6.26 Å². The largest absolute Gasteiger partial charge is 0.481 e. The maximum atomic E-state index is 13.2. The molecule has 0 heterocycles. The predicted molar refractivity (Wildman–Crippen MR) is 138 cm³/mol. The van der Waals surface area contributed by atoms with E-state index in [1.807, 2.05) is 38.1 Å². The molecule has 1 atom stereocenters. The molecule has 0 spiro atoms. The molecule has 0 aliphatic rings. The first kappa shape index (κ1) is 26.0. The van der Waals surface area contributed by atoms with Crippen LogP contribution >= 0.6 is 0 Å². The summed E-state index contributed by atoms with van der Waals surface area (Å²) in [4.78, 5) is 13.4. The molecule has 8 heteroatoms. The summed E-state index contributed by atoms with van der Waals surface area (Å²) >= 11 is 0. The lowest BCUT2D eigenvalue weighted by Crippen LogP contribution is -2.39. The number of sulfone groups is 1. The molecule has 3 aromatic carbocycles. The van der Waals surface area contributed by atoms with Crippen molar-refractivity contribution in [3.05, 3.63) is 83.9 Å². The number of hydrogen-bond acceptors (Lipinski definition) is 5. The van der Waals surface area contributed by atoms with Crippen molar-refractivity contribution < 1.29 is 17.9 Å². The van der Waals surface area contributed by atoms with Gasteiger partial charge in [-0.05, 0) is 41.7 Å². The molecule has 35 heavy (non-hydrogen) atoms. The highest BCUT2D eigenvalue weighted by atomic mass is 32.2. The van der Waals surface area contributed by atoms with E-state index >= 15 is 0 Å². The van der Waals surface area contributed by atoms with Crippen LogP contribution in [0.2, 0.25) is 0 Å². The van der Waals surface area contributed by atoms with E-state index < -0.39 is 15.9 Å². The molecule has 0 fully saturated rings. The van der Waals surface area contributed by atoms with E-state index in [0.717, 1.165) is 11.1 Å². The Morgan fingerprint density at radius 3 is 2.31 bits per heavy atom. The number of amidine groups is 1. The van der Waals surface area contributed by atoms with Gasteiger partial charge in [0.25, 0.3) is 5.91 Å². The van der Waals surface area contributed by atoms with Gasteiger partial charge in [0.1, 0.15) is 11.6 Å². The van der Waals surface area contributed by atoms with Crippen LogP contribution in [0.15, 0.2) is 77.7 Å². The Kier molecular flexibility index (Phi) is 8.30. The molecule has 3 aromatic rings. The minimum absolute atomic E-state index is 0.0775. The summed E-state index contributed by atoms with van der Waals surface area (Å²) < 4.78 is 30.7. The summed E-state index contributed by atoms with van der Waals surface area (Å²) in [5.74, 6) is 0.307. The van der Waals surface area contributed by atoms with Gasteiger partial charge in [0.05, 0.1) is 4.90 Å². The Morgan fingerprint density at radius 1 is 1.00 bits per heavy atom. The minimum atomic E-state index is -3.43. The van der Waals surface area contributed by atoms with Gasteiger partial charge in [-0.25, -0.2) is 8.42 Å². The van der Waals surface area contributed by atoms with Crippen molar-refractivity contribution in [1.82, 2.24) is 5.32 Å². The number of ether oxygens (including phenoxy) is 1. The van der Waals surface area contributed by atoms with Crippen LogP contribution in [0.4, 0.5) is 0 Å². The number of rotatable bonds is 10. The molecule has 4 N–H and O–H groups in total. The second-order valence-electron chi connectivity index (χ2n) is 8.82. The maximum Gasteiger partial charge on any atom is 0.261 e. The molecule has 3 rings (SSSR count). The molecule has 0 bridgehead atoms. The third kappa shape index (κ3) is 6.93. The lowest BCUT2D eigenvalue weighted by atomic mass is 9.99. The zero-order valence-corrected chi connectivity index (χ0v) is 20.9. The molecule has 1 amide bonds. The van der Waals surface area contributed by atoms with Gasteiger partial charge in [0.2, 0.25) is 0 Å². The topological polar surface area (TPSA) is 122 Å². The Balaban J connectivity index is 1.83. The molecule has 7 nitrogen and oxygen atoms in total. The van der Waals surface area contributed by atoms with Gasteiger partial charge in [-0.3, -0.25) is 10.2 Å². The van der Waals surface area contributed by atoms with Crippen LogP contribution in [0.25, 0.3) is 11.1 Å². The fourth-order valence-corrected chi connectivity index (χ4v) is 4.69. The van der Waals surface area contributed by atoms with Crippen molar-refractivity contribution in [2.75, 3.05) is 6.26 Å². The average molecular weight is 494 g/mol. The van der Waals surface area contributed by atoms with E-state index in [1.54, 1.807) is 48.5 Å². The molecular weight excluding hydrogens is 462 g/mol. The van der Waals surface area contributed by atoms with Crippen LogP contribution in [0, 0.1) is 11.3 Å². The SMILES string of the molecule is CC(C)CC(Oc1cccc(C(=N)N)c1)C(=O)NCc1ccccc1-c1ccccc1S(C)(=O)=O. The number of carbonyl (C=O) groups is 1. The summed E-state index contributed by atoms with van der Waals surface area (Å²) in [7, 11) is -3.43. The van der Waals surface area contributed by atoms with Gasteiger partial charge in [-0.1, -0.05) is 68.4 Å². The first-order valence-electron chi connectivity index (χ1n) is 11.3. The predicted octanol–water partition coefficient (Wildman–Crippen LogP) is 4.15. The number of nitrogens with one attached hydrogen (secondary N) is 2. The van der Waals surface area contributed by atoms with Gasteiger partial charge >= 0.3 is 0 Å². The van der Waals surface area contributed by atoms with Gasteiger partial charge in [0, 0.05) is 23.9 Å². The first-order chi connectivity index (χ1) is 16.6. The van der Waals surface area contributed by atoms with Crippen LogP contribution < -0.4 is 15.8 Å². The van der Waals surface area contributed by atoms with Crippen molar-refractivity contribution >= 4 is 21.6 Å². The molecule has 0 aromatic heterocycles. The molecule has 0 saturated carbocycles. The Labute approximate surface area is 206 Å². The second kappa shape index (κ2) is 11.2. The maximum absolute atomic E-state index is 13.2. The smallest absolute Gasteiger partial charge is 0.261 e. The van der Waals surface area contributed by atoms with Gasteiger partial charge in [-0.2, -0.15) is 0 Å². The van der Waals surface area contributed by atoms with Crippen LogP contribution in [0.3, 0.4) is 0 Å². The summed E-state index contributed by atoms with van der Waals surface area (Å²) in [6.45, 7) is 4.22. The molecule has 0 saturated heterocycles. The number of nitrogens with two attached hydrogens (primary N) is 1. The number of amides is 1. The standard InChI is InChI=1S/C27H31N3O4S/c1-18(2)15-24(34-21-11-8-10-19(16-21)26(28)29)27(31)30-17-20-9-4-5-12-22(20)23-13-6-7-14-25(23)35(3,32)33/h4-14,16,18,24H,15,17H2,1-3H3,(H3,28,29)(H,30,31). The van der Waals surface area contributed by atoms with Crippen molar-refractivity contribution in [2.24, 2.45) is 11.7 Å². The Morgan fingerprint density at radius 2 is 1.66 bits per heavy atom. The normalized spacial score (nSPS) is 12.2. The molecule has 0 aliphatic heterocycles. The number of carbonyl (C=O) groups excluding carboxylic acids is 1. The third-order valence-corrected chi connectivity index (χ3v) is 6.60. The highest BCUT2D eigenvalue weighted by Gasteiger charge is 2.23. The van der Waals surface area contributed by atoms with Gasteiger partial charge < -0.3 is 15.8 Å². The quantitative estimate of drug-likeness (QED) is 0.289. The van der Waals surface area contributed by atoms with Crippen LogP contribution in [-0.4, -0.2) is 32.5 Å². The summed E-state index contributed by atoms with van der Waals surface area (Å²) in [5.41, 5.74) is 8.22. The fraction of sp³-hybridized carbons (Fsp3) is 0.259. The van der Waals surface area contributed by atoms with Crippen LogP contribution in [-0.2, 0) is 21.2 Å². The van der Waals surface area contributed by atoms with E-state index in [0.29, 0.717) is 23.3 Å². The molecule has 0 aliphatic carbocycles. The lowest BCUT2D eigenvalue weighted by molar-refractivity contribution is -0.128. The van der Waals surface area contributed by atoms with Crippen LogP contribution in [0.1, 0.15) is 31.4 Å².